The Morgan fingerprint density at radius 2 is 1.64 bits per heavy atom. The van der Waals surface area contributed by atoms with Crippen LogP contribution in [-0.4, -0.2) is 11.1 Å². The van der Waals surface area contributed by atoms with Crippen LogP contribution >= 0.6 is 0 Å². The molecule has 0 aliphatic heterocycles. The van der Waals surface area contributed by atoms with Gasteiger partial charge >= 0.3 is 5.97 Å². The third-order valence-corrected chi connectivity index (χ3v) is 0.974. The van der Waals surface area contributed by atoms with E-state index in [4.69, 9.17) is 10.8 Å². The molecule has 1 rings (SSSR count). The van der Waals surface area contributed by atoms with Crippen molar-refractivity contribution in [3.8, 4) is 0 Å². The Hall–Kier alpha value is -2.03. The molecule has 0 radical (unpaired) electrons. The minimum atomic E-state index is -0.981. The maximum Gasteiger partial charge on any atom is 0.327 e. The summed E-state index contributed by atoms with van der Waals surface area (Å²) >= 11 is 0. The van der Waals surface area contributed by atoms with Gasteiger partial charge in [-0.05, 0) is 12.1 Å². The Balaban J connectivity index is 0. The molecule has 0 aliphatic carbocycles. The number of nitrogen functional groups attached to an aromatic ring is 1. The average molecular weight is 193 g/mol. The van der Waals surface area contributed by atoms with Gasteiger partial charge in [0.1, 0.15) is 0 Å². The lowest BCUT2D eigenvalue weighted by Crippen LogP contribution is -1.82. The number of anilines is 1. The lowest BCUT2D eigenvalue weighted by Gasteiger charge is -1.83. The van der Waals surface area contributed by atoms with Crippen molar-refractivity contribution in [3.05, 3.63) is 56.1 Å². The number of aliphatic carboxylic acids is 1. The van der Waals surface area contributed by atoms with Gasteiger partial charge in [0.25, 0.3) is 0 Å². The van der Waals surface area contributed by atoms with Gasteiger partial charge < -0.3 is 10.8 Å². The van der Waals surface area contributed by atoms with Crippen molar-refractivity contribution in [1.29, 1.82) is 0 Å². The SMILES string of the molecule is C=C.C=CC(=O)O.Nc1ccccc1. The largest absolute Gasteiger partial charge is 0.478 e. The molecule has 0 aliphatic rings. The molecule has 0 aromatic heterocycles. The van der Waals surface area contributed by atoms with Gasteiger partial charge in [-0.3, -0.25) is 0 Å². The maximum absolute atomic E-state index is 9.25. The van der Waals surface area contributed by atoms with Gasteiger partial charge in [-0.15, -0.1) is 13.2 Å². The summed E-state index contributed by atoms with van der Waals surface area (Å²) in [7, 11) is 0. The summed E-state index contributed by atoms with van der Waals surface area (Å²) in [4.78, 5) is 9.25. The molecule has 14 heavy (non-hydrogen) atoms. The summed E-state index contributed by atoms with van der Waals surface area (Å²) in [6, 6.07) is 9.49. The standard InChI is InChI=1S/C6H7N.C3H4O2.C2H4/c7-6-4-2-1-3-5-6;1-2-3(4)5;1-2/h1-5H,7H2;2H,1H2,(H,4,5);1-2H2. The molecule has 3 nitrogen and oxygen atoms in total. The van der Waals surface area contributed by atoms with E-state index in [9.17, 15) is 4.79 Å². The minimum absolute atomic E-state index is 0.822. The van der Waals surface area contributed by atoms with Crippen LogP contribution < -0.4 is 5.73 Å². The monoisotopic (exact) mass is 193 g/mol. The van der Waals surface area contributed by atoms with Crippen molar-refractivity contribution in [1.82, 2.24) is 0 Å². The van der Waals surface area contributed by atoms with E-state index >= 15 is 0 Å². The first kappa shape index (κ1) is 14.5. The van der Waals surface area contributed by atoms with Crippen LogP contribution in [0, 0.1) is 0 Å². The molecule has 0 saturated carbocycles. The van der Waals surface area contributed by atoms with Crippen LogP contribution in [0.4, 0.5) is 5.69 Å². The molecule has 0 spiro atoms. The molecule has 1 aromatic carbocycles. The van der Waals surface area contributed by atoms with Gasteiger partial charge in [0.2, 0.25) is 0 Å². The number of para-hydroxylation sites is 1. The molecule has 76 valence electrons. The number of carbonyl (C=O) groups is 1. The zero-order chi connectivity index (χ0) is 11.4. The van der Waals surface area contributed by atoms with E-state index in [0.717, 1.165) is 11.8 Å². The van der Waals surface area contributed by atoms with E-state index < -0.39 is 5.97 Å². The van der Waals surface area contributed by atoms with Crippen LogP contribution in [-0.2, 0) is 4.79 Å². The molecule has 0 saturated heterocycles. The Bertz CT molecular complexity index is 257. The lowest BCUT2D eigenvalue weighted by atomic mass is 10.3. The second-order valence-corrected chi connectivity index (χ2v) is 1.95. The second-order valence-electron chi connectivity index (χ2n) is 1.95. The van der Waals surface area contributed by atoms with Crippen molar-refractivity contribution in [2.24, 2.45) is 0 Å². The molecule has 3 N–H and O–H groups in total. The number of benzene rings is 1. The molecule has 0 atom stereocenters. The van der Waals surface area contributed by atoms with Crippen molar-refractivity contribution >= 4 is 11.7 Å². The fourth-order valence-electron chi connectivity index (χ4n) is 0.453. The molecule has 0 fully saturated rings. The molecule has 0 unspecified atom stereocenters. The topological polar surface area (TPSA) is 63.3 Å². The van der Waals surface area contributed by atoms with Crippen molar-refractivity contribution in [2.75, 3.05) is 5.73 Å². The Morgan fingerprint density at radius 3 is 1.79 bits per heavy atom. The van der Waals surface area contributed by atoms with E-state index in [1.54, 1.807) is 0 Å². The molecule has 0 bridgehead atoms. The van der Waals surface area contributed by atoms with Gasteiger partial charge in [0, 0.05) is 11.8 Å². The highest BCUT2D eigenvalue weighted by atomic mass is 16.4. The van der Waals surface area contributed by atoms with Crippen LogP contribution in [0.1, 0.15) is 0 Å². The van der Waals surface area contributed by atoms with Gasteiger partial charge in [-0.2, -0.15) is 0 Å². The van der Waals surface area contributed by atoms with Crippen LogP contribution in [0.5, 0.6) is 0 Å². The molecular formula is C11H15NO2. The maximum atomic E-state index is 9.25. The summed E-state index contributed by atoms with van der Waals surface area (Å²) in [5, 5.41) is 7.60. The lowest BCUT2D eigenvalue weighted by molar-refractivity contribution is -0.131. The summed E-state index contributed by atoms with van der Waals surface area (Å²) in [6.45, 7) is 8.96. The Kier molecular flexibility index (Phi) is 11.4. The fourth-order valence-corrected chi connectivity index (χ4v) is 0.453. The Morgan fingerprint density at radius 1 is 1.29 bits per heavy atom. The highest BCUT2D eigenvalue weighted by molar-refractivity contribution is 5.78. The number of rotatable bonds is 1. The van der Waals surface area contributed by atoms with Gasteiger partial charge in [0.05, 0.1) is 0 Å². The quantitative estimate of drug-likeness (QED) is 0.408. The van der Waals surface area contributed by atoms with Crippen LogP contribution in [0.3, 0.4) is 0 Å². The molecule has 0 heterocycles. The zero-order valence-electron chi connectivity index (χ0n) is 8.02. The van der Waals surface area contributed by atoms with Crippen molar-refractivity contribution < 1.29 is 9.90 Å². The first-order chi connectivity index (χ1) is 6.66. The van der Waals surface area contributed by atoms with Gasteiger partial charge in [0.15, 0.2) is 0 Å². The summed E-state index contributed by atoms with van der Waals surface area (Å²) in [5.74, 6) is -0.981. The van der Waals surface area contributed by atoms with Crippen LogP contribution in [0.25, 0.3) is 0 Å². The van der Waals surface area contributed by atoms with Crippen LogP contribution in [0.15, 0.2) is 56.1 Å². The zero-order valence-corrected chi connectivity index (χ0v) is 8.02. The first-order valence-electron chi connectivity index (χ1n) is 3.82. The number of hydrogen-bond donors (Lipinski definition) is 2. The number of hydrogen-bond acceptors (Lipinski definition) is 2. The fraction of sp³-hybridized carbons (Fsp3) is 0. The number of nitrogens with two attached hydrogens (primary N) is 1. The van der Waals surface area contributed by atoms with Gasteiger partial charge in [-0.1, -0.05) is 24.8 Å². The summed E-state index contributed by atoms with van der Waals surface area (Å²) in [6.07, 6.45) is 0.833. The van der Waals surface area contributed by atoms with Crippen molar-refractivity contribution in [3.63, 3.8) is 0 Å². The van der Waals surface area contributed by atoms with Crippen LogP contribution in [0.2, 0.25) is 0 Å². The molecule has 0 amide bonds. The highest BCUT2D eigenvalue weighted by Crippen LogP contribution is 1.95. The van der Waals surface area contributed by atoms with E-state index in [0.29, 0.717) is 0 Å². The average Bonchev–Trinajstić information content (AvgIpc) is 2.23. The van der Waals surface area contributed by atoms with E-state index in [2.05, 4.69) is 19.7 Å². The number of carboxylic acid groups (broad SMARTS) is 1. The molecule has 1 aromatic rings. The van der Waals surface area contributed by atoms with E-state index in [1.807, 2.05) is 30.3 Å². The van der Waals surface area contributed by atoms with E-state index in [-0.39, 0.29) is 0 Å². The molecule has 3 heteroatoms. The third-order valence-electron chi connectivity index (χ3n) is 0.974. The van der Waals surface area contributed by atoms with E-state index in [1.165, 1.54) is 0 Å². The summed E-state index contributed by atoms with van der Waals surface area (Å²) < 4.78 is 0. The highest BCUT2D eigenvalue weighted by Gasteiger charge is 1.73. The normalized spacial score (nSPS) is 6.86. The van der Waals surface area contributed by atoms with Gasteiger partial charge in [-0.25, -0.2) is 4.79 Å². The van der Waals surface area contributed by atoms with Crippen molar-refractivity contribution in [2.45, 2.75) is 0 Å². The Labute approximate surface area is 84.2 Å². The molecular weight excluding hydrogens is 178 g/mol. The predicted molar refractivity (Wildman–Crippen MR) is 59.9 cm³/mol. The minimum Gasteiger partial charge on any atom is -0.478 e. The number of carboxylic acids is 1. The smallest absolute Gasteiger partial charge is 0.327 e. The third kappa shape index (κ3) is 12.6. The summed E-state index contributed by atoms with van der Waals surface area (Å²) in [5.41, 5.74) is 6.18. The predicted octanol–water partition coefficient (Wildman–Crippen LogP) is 2.33. The second kappa shape index (κ2) is 11.0. The first-order valence-corrected chi connectivity index (χ1v) is 3.82.